The van der Waals surface area contributed by atoms with Gasteiger partial charge in [0.15, 0.2) is 0 Å². The number of benzene rings is 1. The summed E-state index contributed by atoms with van der Waals surface area (Å²) in [5.74, 6) is 0.297. The van der Waals surface area contributed by atoms with E-state index >= 15 is 0 Å². The topological polar surface area (TPSA) is 151 Å². The Kier molecular flexibility index (Phi) is 8.00. The summed E-state index contributed by atoms with van der Waals surface area (Å²) in [5.41, 5.74) is 2.56. The number of hydrogen-bond donors (Lipinski definition) is 3. The van der Waals surface area contributed by atoms with Gasteiger partial charge in [0.2, 0.25) is 28.1 Å². The van der Waals surface area contributed by atoms with Gasteiger partial charge in [-0.05, 0) is 35.3 Å². The minimum atomic E-state index is -1.83. The Morgan fingerprint density at radius 3 is 1.84 bits per heavy atom. The second kappa shape index (κ2) is 11.2. The second-order valence-corrected chi connectivity index (χ2v) is 9.05. The molecule has 3 fully saturated rings. The van der Waals surface area contributed by atoms with E-state index in [2.05, 4.69) is 20.3 Å². The summed E-state index contributed by atoms with van der Waals surface area (Å²) in [5, 5.41) is 17.4. The van der Waals surface area contributed by atoms with E-state index in [1.54, 1.807) is 12.1 Å². The number of aromatic nitrogens is 3. The standard InChI is InChI=1S/C12H13N3O2.C9H5Cl3N4.CH2O3/c16-9-7-8(13-1-2-13)12(17)11(15-5-6-15)10(9)14-3-4-14;10-5-3-1-2-4-6(5)13-9-15-7(11)14-8(12)16-9;2-1(3)4/h7H,1-6H2;1-4H,(H,13,14,15,16);(H2,2,3,4). The van der Waals surface area contributed by atoms with Gasteiger partial charge in [-0.15, -0.1) is 0 Å². The van der Waals surface area contributed by atoms with Crippen molar-refractivity contribution in [3.05, 3.63) is 63.0 Å². The van der Waals surface area contributed by atoms with E-state index in [-0.39, 0.29) is 28.1 Å². The smallest absolute Gasteiger partial charge is 0.450 e. The van der Waals surface area contributed by atoms with Crippen molar-refractivity contribution in [2.45, 2.75) is 0 Å². The zero-order valence-electron chi connectivity index (χ0n) is 19.1. The van der Waals surface area contributed by atoms with Crippen molar-refractivity contribution in [1.82, 2.24) is 29.7 Å². The van der Waals surface area contributed by atoms with Crippen LogP contribution in [0.4, 0.5) is 16.4 Å². The molecular weight excluding hydrogens is 549 g/mol. The van der Waals surface area contributed by atoms with E-state index in [9.17, 15) is 9.59 Å². The van der Waals surface area contributed by atoms with E-state index in [0.29, 0.717) is 27.8 Å². The van der Waals surface area contributed by atoms with E-state index in [4.69, 9.17) is 49.8 Å². The molecule has 3 aliphatic heterocycles. The molecule has 0 bridgehead atoms. The van der Waals surface area contributed by atoms with Gasteiger partial charge in [-0.2, -0.15) is 15.0 Å². The molecule has 0 spiro atoms. The fourth-order valence-electron chi connectivity index (χ4n) is 3.34. The first-order valence-corrected chi connectivity index (χ1v) is 12.1. The van der Waals surface area contributed by atoms with Gasteiger partial charge >= 0.3 is 6.16 Å². The summed E-state index contributed by atoms with van der Waals surface area (Å²) in [7, 11) is 0. The molecule has 1 aromatic heterocycles. The van der Waals surface area contributed by atoms with Crippen LogP contribution in [-0.2, 0) is 9.59 Å². The monoisotopic (exact) mass is 567 g/mol. The van der Waals surface area contributed by atoms with Crippen molar-refractivity contribution in [1.29, 1.82) is 0 Å². The average molecular weight is 569 g/mol. The molecule has 1 aliphatic carbocycles. The van der Waals surface area contributed by atoms with E-state index in [0.717, 1.165) is 39.3 Å². The van der Waals surface area contributed by atoms with Crippen molar-refractivity contribution in [3.8, 4) is 0 Å². The highest BCUT2D eigenvalue weighted by molar-refractivity contribution is 6.33. The molecule has 0 atom stereocenters. The molecular formula is C22H20Cl3N7O5. The fourth-order valence-corrected chi connectivity index (χ4v) is 3.89. The number of Topliss-reactive ketones (excluding diaryl/α,β-unsaturated/α-hetero) is 1. The van der Waals surface area contributed by atoms with Crippen molar-refractivity contribution < 1.29 is 24.6 Å². The number of carbonyl (C=O) groups is 3. The highest BCUT2D eigenvalue weighted by Gasteiger charge is 2.43. The highest BCUT2D eigenvalue weighted by atomic mass is 35.5. The molecule has 2 aromatic rings. The van der Waals surface area contributed by atoms with Crippen LogP contribution in [0.1, 0.15) is 0 Å². The lowest BCUT2D eigenvalue weighted by Gasteiger charge is -2.21. The zero-order chi connectivity index (χ0) is 26.7. The maximum absolute atomic E-state index is 12.4. The number of para-hydroxylation sites is 1. The van der Waals surface area contributed by atoms with Gasteiger partial charge < -0.3 is 30.2 Å². The summed E-state index contributed by atoms with van der Waals surface area (Å²) in [4.78, 5) is 50.4. The maximum atomic E-state index is 12.4. The minimum absolute atomic E-state index is 0.00546. The largest absolute Gasteiger partial charge is 0.503 e. The number of ketones is 2. The Morgan fingerprint density at radius 1 is 0.811 bits per heavy atom. The van der Waals surface area contributed by atoms with Crippen LogP contribution >= 0.6 is 34.8 Å². The molecule has 6 rings (SSSR count). The van der Waals surface area contributed by atoms with Gasteiger partial charge in [0.05, 0.1) is 16.4 Å². The molecule has 3 saturated heterocycles. The van der Waals surface area contributed by atoms with Crippen LogP contribution in [-0.4, -0.2) is 96.9 Å². The first-order chi connectivity index (χ1) is 17.6. The molecule has 3 N–H and O–H groups in total. The lowest BCUT2D eigenvalue weighted by atomic mass is 10.0. The highest BCUT2D eigenvalue weighted by Crippen LogP contribution is 2.34. The molecule has 0 saturated carbocycles. The summed E-state index contributed by atoms with van der Waals surface area (Å²) in [6.07, 6.45) is -0.310. The predicted molar refractivity (Wildman–Crippen MR) is 135 cm³/mol. The molecule has 4 aliphatic rings. The lowest BCUT2D eigenvalue weighted by Crippen LogP contribution is -2.29. The van der Waals surface area contributed by atoms with Gasteiger partial charge in [-0.3, -0.25) is 9.59 Å². The van der Waals surface area contributed by atoms with Gasteiger partial charge in [-0.1, -0.05) is 23.7 Å². The van der Waals surface area contributed by atoms with Gasteiger partial charge in [0, 0.05) is 45.3 Å². The summed E-state index contributed by atoms with van der Waals surface area (Å²) < 4.78 is 0. The summed E-state index contributed by atoms with van der Waals surface area (Å²) >= 11 is 17.2. The summed E-state index contributed by atoms with van der Waals surface area (Å²) in [6, 6.07) is 7.18. The molecule has 1 aromatic carbocycles. The number of carboxylic acid groups (broad SMARTS) is 2. The normalized spacial score (nSPS) is 17.3. The van der Waals surface area contributed by atoms with E-state index < -0.39 is 6.16 Å². The molecule has 12 nitrogen and oxygen atoms in total. The lowest BCUT2D eigenvalue weighted by molar-refractivity contribution is -0.117. The third-order valence-electron chi connectivity index (χ3n) is 5.19. The Labute approximate surface area is 225 Å². The number of rotatable bonds is 5. The summed E-state index contributed by atoms with van der Waals surface area (Å²) in [6.45, 7) is 5.41. The van der Waals surface area contributed by atoms with Crippen LogP contribution in [0.3, 0.4) is 0 Å². The van der Waals surface area contributed by atoms with Crippen LogP contribution in [0.5, 0.6) is 0 Å². The zero-order valence-corrected chi connectivity index (χ0v) is 21.3. The van der Waals surface area contributed by atoms with Crippen molar-refractivity contribution >= 4 is 64.2 Å². The predicted octanol–water partition coefficient (Wildman–Crippen LogP) is 2.98. The second-order valence-electron chi connectivity index (χ2n) is 7.97. The number of nitrogens with zero attached hydrogens (tertiary/aromatic N) is 6. The minimum Gasteiger partial charge on any atom is -0.450 e. The number of hydrogen-bond acceptors (Lipinski definition) is 10. The Balaban J connectivity index is 0.000000152. The first-order valence-electron chi connectivity index (χ1n) is 10.9. The van der Waals surface area contributed by atoms with Crippen LogP contribution in [0.2, 0.25) is 15.6 Å². The van der Waals surface area contributed by atoms with Crippen LogP contribution in [0.15, 0.2) is 47.4 Å². The molecule has 0 amide bonds. The number of carbonyl (C=O) groups excluding carboxylic acids is 2. The number of anilines is 2. The molecule has 37 heavy (non-hydrogen) atoms. The van der Waals surface area contributed by atoms with Crippen molar-refractivity contribution in [3.63, 3.8) is 0 Å². The van der Waals surface area contributed by atoms with Gasteiger partial charge in [0.1, 0.15) is 11.4 Å². The van der Waals surface area contributed by atoms with Crippen LogP contribution < -0.4 is 5.32 Å². The average Bonchev–Trinajstić information content (AvgIpc) is 3.68. The molecule has 0 radical (unpaired) electrons. The Hall–Kier alpha value is -3.61. The Bertz CT molecular complexity index is 1280. The third kappa shape index (κ3) is 7.21. The molecule has 4 heterocycles. The Morgan fingerprint density at radius 2 is 1.32 bits per heavy atom. The van der Waals surface area contributed by atoms with E-state index in [1.165, 1.54) is 6.08 Å². The first kappa shape index (κ1) is 26.5. The fraction of sp³-hybridized carbons (Fsp3) is 0.273. The van der Waals surface area contributed by atoms with Gasteiger partial charge in [0.25, 0.3) is 0 Å². The SMILES string of the molecule is Clc1nc(Cl)nc(Nc2ccccc2Cl)n1.O=C(O)O.O=C1C=C(N2CC2)C(=O)C(N2CC2)=C1N1CC1. The van der Waals surface area contributed by atoms with E-state index in [1.807, 2.05) is 26.8 Å². The van der Waals surface area contributed by atoms with Gasteiger partial charge in [-0.25, -0.2) is 4.79 Å². The van der Waals surface area contributed by atoms with Crippen LogP contribution in [0, 0.1) is 0 Å². The number of allylic oxidation sites excluding steroid dienone is 1. The number of halogens is 3. The number of nitrogens with one attached hydrogen (secondary N) is 1. The quantitative estimate of drug-likeness (QED) is 0.359. The van der Waals surface area contributed by atoms with Crippen molar-refractivity contribution in [2.75, 3.05) is 44.6 Å². The molecule has 15 heteroatoms. The van der Waals surface area contributed by atoms with Crippen LogP contribution in [0.25, 0.3) is 0 Å². The molecule has 194 valence electrons. The van der Waals surface area contributed by atoms with Crippen molar-refractivity contribution in [2.24, 2.45) is 0 Å². The molecule has 0 unspecified atom stereocenters. The maximum Gasteiger partial charge on any atom is 0.503 e. The third-order valence-corrected chi connectivity index (χ3v) is 5.86.